The van der Waals surface area contributed by atoms with Crippen molar-refractivity contribution in [2.24, 2.45) is 0 Å². The van der Waals surface area contributed by atoms with E-state index in [1.807, 2.05) is 0 Å². The lowest BCUT2D eigenvalue weighted by Crippen LogP contribution is -2.11. The van der Waals surface area contributed by atoms with Gasteiger partial charge in [0.1, 0.15) is 11.6 Å². The average molecular weight is 212 g/mol. The molecule has 0 saturated carbocycles. The van der Waals surface area contributed by atoms with Crippen LogP contribution in [-0.4, -0.2) is 18.2 Å². The van der Waals surface area contributed by atoms with Gasteiger partial charge in [-0.15, -0.1) is 0 Å². The molecule has 4 heteroatoms. The van der Waals surface area contributed by atoms with Crippen molar-refractivity contribution in [2.75, 3.05) is 7.11 Å². The van der Waals surface area contributed by atoms with Gasteiger partial charge in [-0.3, -0.25) is 4.79 Å². The van der Waals surface area contributed by atoms with Crippen molar-refractivity contribution < 1.29 is 19.0 Å². The summed E-state index contributed by atoms with van der Waals surface area (Å²) in [6, 6.07) is 2.93. The lowest BCUT2D eigenvalue weighted by Gasteiger charge is -2.13. The number of hydrogen-bond donors (Lipinski definition) is 1. The molecule has 0 spiro atoms. The Morgan fingerprint density at radius 1 is 1.53 bits per heavy atom. The van der Waals surface area contributed by atoms with Crippen LogP contribution in [0.5, 0.6) is 5.75 Å². The molecule has 3 nitrogen and oxygen atoms in total. The number of ether oxygens (including phenoxy) is 1. The smallest absolute Gasteiger partial charge is 0.310 e. The predicted molar refractivity (Wildman–Crippen MR) is 53.7 cm³/mol. The minimum Gasteiger partial charge on any atom is -0.496 e. The predicted octanol–water partition coefficient (Wildman–Crippen LogP) is 2.33. The molecule has 0 heterocycles. The van der Waals surface area contributed by atoms with Crippen molar-refractivity contribution in [3.05, 3.63) is 29.1 Å². The van der Waals surface area contributed by atoms with E-state index in [9.17, 15) is 9.18 Å². The Hall–Kier alpha value is -1.58. The first-order chi connectivity index (χ1) is 6.97. The van der Waals surface area contributed by atoms with Gasteiger partial charge in [-0.2, -0.15) is 0 Å². The number of aliphatic carboxylic acids is 1. The number of benzene rings is 1. The van der Waals surface area contributed by atoms with E-state index in [0.29, 0.717) is 5.56 Å². The number of carboxylic acids is 1. The molecule has 0 radical (unpaired) electrons. The quantitative estimate of drug-likeness (QED) is 0.836. The number of halogens is 1. The summed E-state index contributed by atoms with van der Waals surface area (Å²) in [5.41, 5.74) is 0.793. The largest absolute Gasteiger partial charge is 0.496 e. The van der Waals surface area contributed by atoms with Gasteiger partial charge in [0.25, 0.3) is 0 Å². The van der Waals surface area contributed by atoms with Crippen molar-refractivity contribution in [3.63, 3.8) is 0 Å². The highest BCUT2D eigenvalue weighted by molar-refractivity contribution is 5.76. The van der Waals surface area contributed by atoms with Crippen LogP contribution in [0.2, 0.25) is 0 Å². The van der Waals surface area contributed by atoms with E-state index in [1.54, 1.807) is 13.0 Å². The fraction of sp³-hybridized carbons (Fsp3) is 0.364. The standard InChI is InChI=1S/C11H13FO3/c1-6-4-8(12)10(7(2)11(13)14)9(5-6)15-3/h4-5,7H,1-3H3,(H,13,14). The van der Waals surface area contributed by atoms with Gasteiger partial charge in [-0.1, -0.05) is 0 Å². The molecule has 0 aromatic heterocycles. The highest BCUT2D eigenvalue weighted by Crippen LogP contribution is 2.30. The Morgan fingerprint density at radius 3 is 2.60 bits per heavy atom. The number of hydrogen-bond acceptors (Lipinski definition) is 2. The summed E-state index contributed by atoms with van der Waals surface area (Å²) in [5.74, 6) is -2.25. The van der Waals surface area contributed by atoms with Gasteiger partial charge in [-0.05, 0) is 31.5 Å². The summed E-state index contributed by atoms with van der Waals surface area (Å²) < 4.78 is 18.5. The molecule has 0 saturated heterocycles. The minimum atomic E-state index is -1.07. The van der Waals surface area contributed by atoms with E-state index >= 15 is 0 Å². The van der Waals surface area contributed by atoms with Crippen LogP contribution in [-0.2, 0) is 4.79 Å². The van der Waals surface area contributed by atoms with Crippen LogP contribution >= 0.6 is 0 Å². The molecular weight excluding hydrogens is 199 g/mol. The maximum absolute atomic E-state index is 13.6. The van der Waals surface area contributed by atoms with Crippen LogP contribution in [0.1, 0.15) is 24.0 Å². The lowest BCUT2D eigenvalue weighted by molar-refractivity contribution is -0.138. The van der Waals surface area contributed by atoms with Gasteiger partial charge in [0.2, 0.25) is 0 Å². The third-order valence-electron chi connectivity index (χ3n) is 2.26. The monoisotopic (exact) mass is 212 g/mol. The average Bonchev–Trinajstić information content (AvgIpc) is 2.15. The van der Waals surface area contributed by atoms with E-state index in [4.69, 9.17) is 9.84 Å². The van der Waals surface area contributed by atoms with Crippen molar-refractivity contribution in [1.29, 1.82) is 0 Å². The topological polar surface area (TPSA) is 46.5 Å². The molecule has 15 heavy (non-hydrogen) atoms. The summed E-state index contributed by atoms with van der Waals surface area (Å²) in [6.07, 6.45) is 0. The first-order valence-corrected chi connectivity index (χ1v) is 4.54. The third kappa shape index (κ3) is 2.26. The Kier molecular flexibility index (Phi) is 3.29. The number of carbonyl (C=O) groups is 1. The number of carboxylic acid groups (broad SMARTS) is 1. The van der Waals surface area contributed by atoms with Gasteiger partial charge < -0.3 is 9.84 Å². The van der Waals surface area contributed by atoms with Gasteiger partial charge in [0.15, 0.2) is 0 Å². The fourth-order valence-electron chi connectivity index (χ4n) is 1.43. The molecule has 0 aliphatic rings. The lowest BCUT2D eigenvalue weighted by atomic mass is 9.98. The summed E-state index contributed by atoms with van der Waals surface area (Å²) in [6.45, 7) is 3.15. The number of rotatable bonds is 3. The molecule has 1 aromatic rings. The second-order valence-electron chi connectivity index (χ2n) is 3.42. The second-order valence-corrected chi connectivity index (χ2v) is 3.42. The number of aryl methyl sites for hydroxylation is 1. The fourth-order valence-corrected chi connectivity index (χ4v) is 1.43. The maximum atomic E-state index is 13.6. The minimum absolute atomic E-state index is 0.0931. The van der Waals surface area contributed by atoms with Crippen LogP contribution in [0.3, 0.4) is 0 Å². The Balaban J connectivity index is 3.32. The van der Waals surface area contributed by atoms with E-state index in [2.05, 4.69) is 0 Å². The highest BCUT2D eigenvalue weighted by atomic mass is 19.1. The molecule has 1 atom stereocenters. The molecule has 82 valence electrons. The van der Waals surface area contributed by atoms with Crippen LogP contribution in [0.25, 0.3) is 0 Å². The van der Waals surface area contributed by atoms with Gasteiger partial charge in [0.05, 0.1) is 13.0 Å². The first-order valence-electron chi connectivity index (χ1n) is 4.54. The van der Waals surface area contributed by atoms with Crippen molar-refractivity contribution in [3.8, 4) is 5.75 Å². The van der Waals surface area contributed by atoms with E-state index < -0.39 is 17.7 Å². The zero-order valence-electron chi connectivity index (χ0n) is 8.87. The van der Waals surface area contributed by atoms with Crippen LogP contribution < -0.4 is 4.74 Å². The summed E-state index contributed by atoms with van der Waals surface area (Å²) >= 11 is 0. The Morgan fingerprint density at radius 2 is 2.13 bits per heavy atom. The first kappa shape index (κ1) is 11.5. The van der Waals surface area contributed by atoms with Crippen molar-refractivity contribution in [2.45, 2.75) is 19.8 Å². The zero-order valence-corrected chi connectivity index (χ0v) is 8.87. The molecule has 1 aromatic carbocycles. The molecular formula is C11H13FO3. The number of methoxy groups -OCH3 is 1. The molecule has 0 aliphatic carbocycles. The SMILES string of the molecule is COc1cc(C)cc(F)c1C(C)C(=O)O. The molecule has 0 fully saturated rings. The van der Waals surface area contributed by atoms with Crippen LogP contribution in [0, 0.1) is 12.7 Å². The van der Waals surface area contributed by atoms with Gasteiger partial charge in [0, 0.05) is 5.56 Å². The highest BCUT2D eigenvalue weighted by Gasteiger charge is 2.22. The summed E-state index contributed by atoms with van der Waals surface area (Å²) in [4.78, 5) is 10.8. The van der Waals surface area contributed by atoms with Crippen molar-refractivity contribution in [1.82, 2.24) is 0 Å². The Bertz CT molecular complexity index is 388. The summed E-state index contributed by atoms with van der Waals surface area (Å²) in [5, 5.41) is 8.83. The molecule has 0 aliphatic heterocycles. The zero-order chi connectivity index (χ0) is 11.6. The van der Waals surface area contributed by atoms with Crippen molar-refractivity contribution >= 4 is 5.97 Å². The van der Waals surface area contributed by atoms with E-state index in [-0.39, 0.29) is 11.3 Å². The normalized spacial score (nSPS) is 12.3. The summed E-state index contributed by atoms with van der Waals surface area (Å²) in [7, 11) is 1.40. The third-order valence-corrected chi connectivity index (χ3v) is 2.26. The van der Waals surface area contributed by atoms with Crippen LogP contribution in [0.4, 0.5) is 4.39 Å². The van der Waals surface area contributed by atoms with E-state index in [1.165, 1.54) is 20.1 Å². The second kappa shape index (κ2) is 4.29. The maximum Gasteiger partial charge on any atom is 0.310 e. The Labute approximate surface area is 87.5 Å². The van der Waals surface area contributed by atoms with Gasteiger partial charge >= 0.3 is 5.97 Å². The molecule has 0 amide bonds. The van der Waals surface area contributed by atoms with E-state index in [0.717, 1.165) is 0 Å². The van der Waals surface area contributed by atoms with Crippen LogP contribution in [0.15, 0.2) is 12.1 Å². The molecule has 0 bridgehead atoms. The molecule has 1 unspecified atom stereocenters. The molecule has 1 N–H and O–H groups in total. The molecule has 1 rings (SSSR count). The van der Waals surface area contributed by atoms with Gasteiger partial charge in [-0.25, -0.2) is 4.39 Å².